The van der Waals surface area contributed by atoms with Crippen LogP contribution in [0.3, 0.4) is 0 Å². The monoisotopic (exact) mass is 194 g/mol. The fourth-order valence-electron chi connectivity index (χ4n) is 0.659. The summed E-state index contributed by atoms with van der Waals surface area (Å²) in [4.78, 5) is 0. The first-order chi connectivity index (χ1) is 6.18. The Kier molecular flexibility index (Phi) is 16.9. The molecule has 0 spiro atoms. The molecule has 0 aromatic heterocycles. The predicted molar refractivity (Wildman–Crippen MR) is 51.2 cm³/mol. The molecule has 0 aliphatic carbocycles. The van der Waals surface area contributed by atoms with E-state index in [1.54, 1.807) is 0 Å². The lowest BCUT2D eigenvalue weighted by atomic mass is 10.2. The van der Waals surface area contributed by atoms with E-state index in [2.05, 4.69) is 0 Å². The van der Waals surface area contributed by atoms with E-state index >= 15 is 0 Å². The van der Waals surface area contributed by atoms with E-state index in [0.29, 0.717) is 6.42 Å². The van der Waals surface area contributed by atoms with Crippen molar-refractivity contribution in [1.29, 1.82) is 0 Å². The highest BCUT2D eigenvalue weighted by Crippen LogP contribution is 1.90. The Morgan fingerprint density at radius 1 is 0.923 bits per heavy atom. The van der Waals surface area contributed by atoms with E-state index in [4.69, 9.17) is 20.4 Å². The van der Waals surface area contributed by atoms with Crippen molar-refractivity contribution in [2.75, 3.05) is 13.2 Å². The predicted octanol–water partition coefficient (Wildman–Crippen LogP) is 0.238. The molecule has 13 heavy (non-hydrogen) atoms. The van der Waals surface area contributed by atoms with Gasteiger partial charge in [0.05, 0.1) is 0 Å². The topological polar surface area (TPSA) is 80.9 Å². The smallest absolute Gasteiger partial charge is 0.151 e. The zero-order chi connectivity index (χ0) is 10.5. The van der Waals surface area contributed by atoms with Crippen LogP contribution in [0.25, 0.3) is 0 Å². The molecule has 4 heteroatoms. The van der Waals surface area contributed by atoms with Crippen molar-refractivity contribution in [2.45, 2.75) is 45.3 Å². The number of unbranched alkanes of at least 4 members (excludes halogenated alkanes) is 2. The quantitative estimate of drug-likeness (QED) is 0.360. The SMILES string of the molecule is CCCC(O)O.OCCCCCO. The molecule has 0 aromatic rings. The Morgan fingerprint density at radius 2 is 1.38 bits per heavy atom. The van der Waals surface area contributed by atoms with Crippen molar-refractivity contribution < 1.29 is 20.4 Å². The molecule has 4 nitrogen and oxygen atoms in total. The molecule has 0 aliphatic rings. The van der Waals surface area contributed by atoms with Gasteiger partial charge in [0, 0.05) is 13.2 Å². The second kappa shape index (κ2) is 14.4. The van der Waals surface area contributed by atoms with E-state index in [-0.39, 0.29) is 13.2 Å². The van der Waals surface area contributed by atoms with Gasteiger partial charge in [-0.3, -0.25) is 0 Å². The summed E-state index contributed by atoms with van der Waals surface area (Å²) in [5, 5.41) is 32.6. The van der Waals surface area contributed by atoms with Gasteiger partial charge in [0.1, 0.15) is 0 Å². The van der Waals surface area contributed by atoms with Crippen LogP contribution in [0.2, 0.25) is 0 Å². The van der Waals surface area contributed by atoms with Gasteiger partial charge in [-0.05, 0) is 25.7 Å². The van der Waals surface area contributed by atoms with E-state index in [1.807, 2.05) is 6.92 Å². The Balaban J connectivity index is 0. The third-order valence-corrected chi connectivity index (χ3v) is 1.36. The second-order valence-corrected chi connectivity index (χ2v) is 2.78. The maximum Gasteiger partial charge on any atom is 0.151 e. The summed E-state index contributed by atoms with van der Waals surface area (Å²) in [6.07, 6.45) is 2.79. The van der Waals surface area contributed by atoms with Crippen LogP contribution in [0.4, 0.5) is 0 Å². The first kappa shape index (κ1) is 15.3. The largest absolute Gasteiger partial charge is 0.396 e. The molecule has 0 heterocycles. The van der Waals surface area contributed by atoms with Gasteiger partial charge >= 0.3 is 0 Å². The first-order valence-corrected chi connectivity index (χ1v) is 4.76. The highest BCUT2D eigenvalue weighted by Gasteiger charge is 1.89. The van der Waals surface area contributed by atoms with Gasteiger partial charge in [-0.1, -0.05) is 13.3 Å². The molecule has 0 rings (SSSR count). The number of aliphatic hydroxyl groups is 4. The Hall–Kier alpha value is -0.160. The maximum atomic E-state index is 8.21. The molecule has 0 bridgehead atoms. The van der Waals surface area contributed by atoms with Crippen LogP contribution in [0, 0.1) is 0 Å². The lowest BCUT2D eigenvalue weighted by Crippen LogP contribution is -2.01. The molecule has 0 saturated carbocycles. The second-order valence-electron chi connectivity index (χ2n) is 2.78. The number of hydrogen-bond acceptors (Lipinski definition) is 4. The Morgan fingerprint density at radius 3 is 1.54 bits per heavy atom. The Labute approximate surface area is 79.8 Å². The van der Waals surface area contributed by atoms with E-state index < -0.39 is 6.29 Å². The normalized spacial score (nSPS) is 9.69. The molecule has 0 atom stereocenters. The van der Waals surface area contributed by atoms with Gasteiger partial charge < -0.3 is 20.4 Å². The highest BCUT2D eigenvalue weighted by molar-refractivity contribution is 4.35. The molecular weight excluding hydrogens is 172 g/mol. The van der Waals surface area contributed by atoms with E-state index in [9.17, 15) is 0 Å². The fraction of sp³-hybridized carbons (Fsp3) is 1.00. The zero-order valence-corrected chi connectivity index (χ0v) is 8.32. The van der Waals surface area contributed by atoms with Crippen LogP contribution in [0.5, 0.6) is 0 Å². The molecule has 0 aromatic carbocycles. The summed E-state index contributed by atoms with van der Waals surface area (Å²) in [5.74, 6) is 0. The van der Waals surface area contributed by atoms with Gasteiger partial charge in [0.2, 0.25) is 0 Å². The zero-order valence-electron chi connectivity index (χ0n) is 8.32. The van der Waals surface area contributed by atoms with Crippen molar-refractivity contribution in [3.8, 4) is 0 Å². The molecule has 0 radical (unpaired) electrons. The lowest BCUT2D eigenvalue weighted by Gasteiger charge is -1.94. The standard InChI is InChI=1S/C5H12O2.C4H10O2/c6-4-2-1-3-5-7;1-2-3-4(5)6/h6-7H,1-5H2;4-6H,2-3H2,1H3. The van der Waals surface area contributed by atoms with E-state index in [1.165, 1.54) is 0 Å². The highest BCUT2D eigenvalue weighted by atomic mass is 16.5. The van der Waals surface area contributed by atoms with Crippen LogP contribution in [-0.4, -0.2) is 39.9 Å². The van der Waals surface area contributed by atoms with Crippen LogP contribution in [0.15, 0.2) is 0 Å². The molecule has 0 amide bonds. The third-order valence-electron chi connectivity index (χ3n) is 1.36. The minimum atomic E-state index is -1.10. The van der Waals surface area contributed by atoms with Crippen LogP contribution >= 0.6 is 0 Å². The summed E-state index contributed by atoms with van der Waals surface area (Å²) < 4.78 is 0. The molecular formula is C9H22O4. The van der Waals surface area contributed by atoms with Crippen LogP contribution < -0.4 is 0 Å². The summed E-state index contributed by atoms with van der Waals surface area (Å²) in [6.45, 7) is 2.40. The number of aliphatic hydroxyl groups excluding tert-OH is 3. The molecule has 0 aliphatic heterocycles. The maximum absolute atomic E-state index is 8.21. The summed E-state index contributed by atoms with van der Waals surface area (Å²) >= 11 is 0. The fourth-order valence-corrected chi connectivity index (χ4v) is 0.659. The van der Waals surface area contributed by atoms with Gasteiger partial charge in [-0.15, -0.1) is 0 Å². The lowest BCUT2D eigenvalue weighted by molar-refractivity contribution is -0.0453. The number of hydrogen-bond donors (Lipinski definition) is 4. The van der Waals surface area contributed by atoms with Gasteiger partial charge in [-0.25, -0.2) is 0 Å². The molecule has 0 unspecified atom stereocenters. The third kappa shape index (κ3) is 24.5. The molecule has 82 valence electrons. The van der Waals surface area contributed by atoms with E-state index in [0.717, 1.165) is 25.7 Å². The van der Waals surface area contributed by atoms with Crippen LogP contribution in [0.1, 0.15) is 39.0 Å². The Bertz CT molecular complexity index is 72.0. The molecule has 0 fully saturated rings. The summed E-state index contributed by atoms with van der Waals surface area (Å²) in [5.41, 5.74) is 0. The van der Waals surface area contributed by atoms with Crippen LogP contribution in [-0.2, 0) is 0 Å². The van der Waals surface area contributed by atoms with Gasteiger partial charge in [-0.2, -0.15) is 0 Å². The first-order valence-electron chi connectivity index (χ1n) is 4.76. The average molecular weight is 194 g/mol. The van der Waals surface area contributed by atoms with Crippen molar-refractivity contribution >= 4 is 0 Å². The molecule has 0 saturated heterocycles. The van der Waals surface area contributed by atoms with Crippen molar-refractivity contribution in [1.82, 2.24) is 0 Å². The summed E-state index contributed by atoms with van der Waals surface area (Å²) in [6, 6.07) is 0. The number of rotatable bonds is 6. The van der Waals surface area contributed by atoms with Crippen molar-refractivity contribution in [2.24, 2.45) is 0 Å². The average Bonchev–Trinajstić information content (AvgIpc) is 2.06. The minimum Gasteiger partial charge on any atom is -0.396 e. The van der Waals surface area contributed by atoms with Crippen molar-refractivity contribution in [3.05, 3.63) is 0 Å². The molecule has 4 N–H and O–H groups in total. The minimum absolute atomic E-state index is 0.250. The van der Waals surface area contributed by atoms with Gasteiger partial charge in [0.15, 0.2) is 6.29 Å². The van der Waals surface area contributed by atoms with Gasteiger partial charge in [0.25, 0.3) is 0 Å². The summed E-state index contributed by atoms with van der Waals surface area (Å²) in [7, 11) is 0. The van der Waals surface area contributed by atoms with Crippen molar-refractivity contribution in [3.63, 3.8) is 0 Å².